The molecule has 0 radical (unpaired) electrons. The maximum Gasteiger partial charge on any atom is 0.335 e. The number of pyridine rings is 1. The summed E-state index contributed by atoms with van der Waals surface area (Å²) < 4.78 is 2.07. The second-order valence-electron chi connectivity index (χ2n) is 8.56. The van der Waals surface area contributed by atoms with Crippen molar-refractivity contribution in [3.63, 3.8) is 0 Å². The highest BCUT2D eigenvalue weighted by atomic mass is 32.1. The minimum atomic E-state index is -0.947. The molecule has 4 aromatic rings. The Morgan fingerprint density at radius 2 is 1.69 bits per heavy atom. The van der Waals surface area contributed by atoms with Gasteiger partial charge in [0.15, 0.2) is 5.11 Å². The molecule has 8 heteroatoms. The van der Waals surface area contributed by atoms with E-state index in [1.165, 1.54) is 0 Å². The average Bonchev–Trinajstić information content (AvgIpc) is 3.49. The molecule has 1 fully saturated rings. The number of nitrogens with zero attached hydrogens (tertiary/aromatic N) is 4. The van der Waals surface area contributed by atoms with Crippen molar-refractivity contribution in [2.75, 3.05) is 23.9 Å². The van der Waals surface area contributed by atoms with Gasteiger partial charge in [-0.05, 0) is 85.0 Å². The van der Waals surface area contributed by atoms with Crippen LogP contribution in [-0.2, 0) is 0 Å². The van der Waals surface area contributed by atoms with Crippen LogP contribution < -0.4 is 15.1 Å². The number of aromatic carboxylic acids is 1. The van der Waals surface area contributed by atoms with Gasteiger partial charge in [-0.3, -0.25) is 4.98 Å². The van der Waals surface area contributed by atoms with Crippen molar-refractivity contribution >= 4 is 34.7 Å². The summed E-state index contributed by atoms with van der Waals surface area (Å²) >= 11 is 5.84. The highest BCUT2D eigenvalue weighted by molar-refractivity contribution is 7.80. The fourth-order valence-corrected chi connectivity index (χ4v) is 4.83. The van der Waals surface area contributed by atoms with Gasteiger partial charge in [0.05, 0.1) is 17.3 Å². The predicted molar refractivity (Wildman–Crippen MR) is 141 cm³/mol. The largest absolute Gasteiger partial charge is 0.478 e. The molecule has 0 bridgehead atoms. The van der Waals surface area contributed by atoms with Crippen LogP contribution in [0.4, 0.5) is 11.4 Å². The third-order valence-corrected chi connectivity index (χ3v) is 6.53. The Morgan fingerprint density at radius 1 is 0.971 bits per heavy atom. The van der Waals surface area contributed by atoms with E-state index < -0.39 is 5.97 Å². The molecule has 176 valence electrons. The van der Waals surface area contributed by atoms with Crippen molar-refractivity contribution in [1.29, 1.82) is 0 Å². The summed E-state index contributed by atoms with van der Waals surface area (Å²) in [5, 5.41) is 13.4. The fourth-order valence-electron chi connectivity index (χ4n) is 4.48. The van der Waals surface area contributed by atoms with Gasteiger partial charge >= 0.3 is 5.97 Å². The molecule has 2 aromatic heterocycles. The first-order valence-electron chi connectivity index (χ1n) is 11.2. The monoisotopic (exact) mass is 483 g/mol. The van der Waals surface area contributed by atoms with Gasteiger partial charge in [0, 0.05) is 49.2 Å². The molecule has 1 saturated heterocycles. The minimum absolute atomic E-state index is 0.177. The highest BCUT2D eigenvalue weighted by Gasteiger charge is 2.42. The SMILES string of the molecule is CN(C)c1ccc(N2C(=S)N[C@H](c3ccccn3)[C@H]2c2cccn2-c2ccc(C(=O)O)cc2)cc1. The summed E-state index contributed by atoms with van der Waals surface area (Å²) in [5.41, 5.74) is 5.10. The number of rotatable bonds is 6. The van der Waals surface area contributed by atoms with Gasteiger partial charge in [0.25, 0.3) is 0 Å². The highest BCUT2D eigenvalue weighted by Crippen LogP contribution is 2.42. The second kappa shape index (κ2) is 9.23. The van der Waals surface area contributed by atoms with Crippen molar-refractivity contribution in [1.82, 2.24) is 14.9 Å². The molecule has 35 heavy (non-hydrogen) atoms. The number of carboxylic acid groups (broad SMARTS) is 1. The summed E-state index contributed by atoms with van der Waals surface area (Å²) in [7, 11) is 4.03. The maximum absolute atomic E-state index is 11.3. The van der Waals surface area contributed by atoms with Crippen LogP contribution in [0.5, 0.6) is 0 Å². The van der Waals surface area contributed by atoms with Crippen molar-refractivity contribution in [3.05, 3.63) is 108 Å². The van der Waals surface area contributed by atoms with Crippen LogP contribution >= 0.6 is 12.2 Å². The van der Waals surface area contributed by atoms with Gasteiger partial charge in [0.1, 0.15) is 6.04 Å². The van der Waals surface area contributed by atoms with Gasteiger partial charge in [0.2, 0.25) is 0 Å². The van der Waals surface area contributed by atoms with Crippen molar-refractivity contribution in [2.24, 2.45) is 0 Å². The number of aromatic nitrogens is 2. The second-order valence-corrected chi connectivity index (χ2v) is 8.95. The average molecular weight is 484 g/mol. The molecule has 1 aliphatic rings. The first kappa shape index (κ1) is 22.6. The Balaban J connectivity index is 1.62. The smallest absolute Gasteiger partial charge is 0.335 e. The summed E-state index contributed by atoms with van der Waals surface area (Å²) in [4.78, 5) is 20.1. The van der Waals surface area contributed by atoms with E-state index >= 15 is 0 Å². The zero-order valence-electron chi connectivity index (χ0n) is 19.4. The number of hydrogen-bond acceptors (Lipinski definition) is 4. The quantitative estimate of drug-likeness (QED) is 0.381. The van der Waals surface area contributed by atoms with Crippen LogP contribution in [0.25, 0.3) is 5.69 Å². The van der Waals surface area contributed by atoms with E-state index in [0.717, 1.165) is 28.5 Å². The molecule has 0 saturated carbocycles. The maximum atomic E-state index is 11.3. The van der Waals surface area contributed by atoms with Crippen LogP contribution in [0.1, 0.15) is 33.8 Å². The van der Waals surface area contributed by atoms with Gasteiger partial charge in [-0.1, -0.05) is 6.07 Å². The lowest BCUT2D eigenvalue weighted by Crippen LogP contribution is -2.30. The Morgan fingerprint density at radius 3 is 2.31 bits per heavy atom. The topological polar surface area (TPSA) is 73.6 Å². The fraction of sp³-hybridized carbons (Fsp3) is 0.148. The molecule has 0 aliphatic carbocycles. The Bertz CT molecular complexity index is 1350. The molecule has 2 aromatic carbocycles. The van der Waals surface area contributed by atoms with E-state index in [1.54, 1.807) is 18.3 Å². The summed E-state index contributed by atoms with van der Waals surface area (Å²) in [5.74, 6) is -0.947. The number of hydrogen-bond donors (Lipinski definition) is 2. The van der Waals surface area contributed by atoms with Crippen molar-refractivity contribution < 1.29 is 9.90 Å². The zero-order valence-corrected chi connectivity index (χ0v) is 20.2. The van der Waals surface area contributed by atoms with Gasteiger partial charge in [-0.2, -0.15) is 0 Å². The third kappa shape index (κ3) is 4.24. The Labute approximate surface area is 209 Å². The van der Waals surface area contributed by atoms with Crippen LogP contribution in [0.3, 0.4) is 0 Å². The number of anilines is 2. The molecule has 3 heterocycles. The molecule has 0 spiro atoms. The summed E-state index contributed by atoms with van der Waals surface area (Å²) in [6, 6.07) is 24.8. The number of carbonyl (C=O) groups is 1. The van der Waals surface area contributed by atoms with Crippen LogP contribution in [0, 0.1) is 0 Å². The lowest BCUT2D eigenvalue weighted by atomic mass is 10.0. The Kier molecular flexibility index (Phi) is 5.96. The third-order valence-electron chi connectivity index (χ3n) is 6.22. The molecule has 1 aliphatic heterocycles. The zero-order chi connectivity index (χ0) is 24.5. The molecule has 2 N–H and O–H groups in total. The van der Waals surface area contributed by atoms with Crippen LogP contribution in [-0.4, -0.2) is 39.8 Å². The number of carboxylic acids is 1. The molecule has 5 rings (SSSR count). The molecule has 7 nitrogen and oxygen atoms in total. The van der Waals surface area contributed by atoms with E-state index in [4.69, 9.17) is 12.2 Å². The van der Waals surface area contributed by atoms with E-state index in [2.05, 4.69) is 55.0 Å². The minimum Gasteiger partial charge on any atom is -0.478 e. The normalized spacial score (nSPS) is 17.3. The van der Waals surface area contributed by atoms with Gasteiger partial charge in [-0.15, -0.1) is 0 Å². The number of thiocarbonyl (C=S) groups is 1. The van der Waals surface area contributed by atoms with E-state index in [1.807, 2.05) is 56.7 Å². The predicted octanol–water partition coefficient (Wildman–Crippen LogP) is 4.81. The molecule has 0 amide bonds. The molecular formula is C27H25N5O2S. The molecular weight excluding hydrogens is 458 g/mol. The van der Waals surface area contributed by atoms with Gasteiger partial charge < -0.3 is 24.8 Å². The first-order chi connectivity index (χ1) is 16.9. The lowest BCUT2D eigenvalue weighted by molar-refractivity contribution is 0.0697. The van der Waals surface area contributed by atoms with Crippen LogP contribution in [0.15, 0.2) is 91.3 Å². The van der Waals surface area contributed by atoms with Crippen molar-refractivity contribution in [2.45, 2.75) is 12.1 Å². The van der Waals surface area contributed by atoms with E-state index in [-0.39, 0.29) is 17.6 Å². The standard InChI is InChI=1S/C27H25N5O2S/c1-30(2)19-12-14-21(15-13-19)32-25(24(29-27(32)35)22-6-3-4-16-28-22)23-7-5-17-31(23)20-10-8-18(9-11-20)26(33)34/h3-17,24-25H,1-2H3,(H,29,35)(H,33,34)/t24-,25-/m1/s1. The van der Waals surface area contributed by atoms with Crippen LogP contribution in [0.2, 0.25) is 0 Å². The summed E-state index contributed by atoms with van der Waals surface area (Å²) in [6.45, 7) is 0. The van der Waals surface area contributed by atoms with Crippen molar-refractivity contribution in [3.8, 4) is 5.69 Å². The van der Waals surface area contributed by atoms with Gasteiger partial charge in [-0.25, -0.2) is 4.79 Å². The van der Waals surface area contributed by atoms with E-state index in [9.17, 15) is 9.90 Å². The summed E-state index contributed by atoms with van der Waals surface area (Å²) in [6.07, 6.45) is 3.77. The molecule has 2 atom stereocenters. The number of benzene rings is 2. The first-order valence-corrected chi connectivity index (χ1v) is 11.6. The number of nitrogens with one attached hydrogen (secondary N) is 1. The lowest BCUT2D eigenvalue weighted by Gasteiger charge is -2.29. The Hall–Kier alpha value is -4.17. The van der Waals surface area contributed by atoms with E-state index in [0.29, 0.717) is 5.11 Å². The molecule has 0 unspecified atom stereocenters.